The molecule has 1 fully saturated rings. The van der Waals surface area contributed by atoms with Gasteiger partial charge in [-0.15, -0.1) is 0 Å². The highest BCUT2D eigenvalue weighted by atomic mass is 16.2. The summed E-state index contributed by atoms with van der Waals surface area (Å²) < 4.78 is 1.99. The number of hydrogen-bond acceptors (Lipinski definition) is 5. The number of carbonyl (C=O) groups is 2. The standard InChI is InChI=1S/C32H27N7O2/c1-38-28-6-3-2-5-26(28)36-29(38)19-35-32(41)27-16-25-24(12-13-34-31(25)37-27)22-15-21(17-33-18-22)20-8-10-23(11-9-20)39-14-4-7-30(39)40/h2-3,5-6,8-13,15-18H,4,7,14,19H2,1H3,(H,34,37)(H,35,41). The Morgan fingerprint density at radius 2 is 1.83 bits per heavy atom. The summed E-state index contributed by atoms with van der Waals surface area (Å²) in [5, 5.41) is 3.81. The Balaban J connectivity index is 1.13. The minimum absolute atomic E-state index is 0.174. The third-order valence-electron chi connectivity index (χ3n) is 7.70. The van der Waals surface area contributed by atoms with Crippen LogP contribution in [0.15, 0.2) is 85.3 Å². The van der Waals surface area contributed by atoms with Crippen molar-refractivity contribution in [3.05, 3.63) is 96.8 Å². The van der Waals surface area contributed by atoms with Crippen LogP contribution in [0.3, 0.4) is 0 Å². The maximum absolute atomic E-state index is 13.1. The lowest BCUT2D eigenvalue weighted by molar-refractivity contribution is -0.117. The summed E-state index contributed by atoms with van der Waals surface area (Å²) in [6.45, 7) is 1.07. The summed E-state index contributed by atoms with van der Waals surface area (Å²) in [7, 11) is 1.95. The molecule has 6 aromatic rings. The number of aromatic amines is 1. The van der Waals surface area contributed by atoms with Gasteiger partial charge in [0.05, 0.1) is 17.6 Å². The van der Waals surface area contributed by atoms with Crippen molar-refractivity contribution in [3.8, 4) is 22.3 Å². The molecule has 1 saturated heterocycles. The first-order valence-corrected chi connectivity index (χ1v) is 13.6. The summed E-state index contributed by atoms with van der Waals surface area (Å²) in [5.41, 5.74) is 7.70. The average molecular weight is 542 g/mol. The highest BCUT2D eigenvalue weighted by Gasteiger charge is 2.21. The van der Waals surface area contributed by atoms with Gasteiger partial charge in [0.2, 0.25) is 5.91 Å². The van der Waals surface area contributed by atoms with Gasteiger partial charge in [0.15, 0.2) is 0 Å². The minimum atomic E-state index is -0.232. The molecule has 0 spiro atoms. The molecular formula is C32H27N7O2. The van der Waals surface area contributed by atoms with E-state index < -0.39 is 0 Å². The number of aryl methyl sites for hydroxylation is 1. The lowest BCUT2D eigenvalue weighted by Crippen LogP contribution is -2.24. The Kier molecular flexibility index (Phi) is 6.04. The molecule has 9 heteroatoms. The van der Waals surface area contributed by atoms with Gasteiger partial charge in [0.1, 0.15) is 17.2 Å². The van der Waals surface area contributed by atoms with Crippen LogP contribution in [-0.4, -0.2) is 42.9 Å². The van der Waals surface area contributed by atoms with Crippen LogP contribution in [0.1, 0.15) is 29.2 Å². The molecule has 1 aliphatic rings. The highest BCUT2D eigenvalue weighted by molar-refractivity contribution is 6.02. The van der Waals surface area contributed by atoms with Gasteiger partial charge in [-0.1, -0.05) is 24.3 Å². The minimum Gasteiger partial charge on any atom is -0.344 e. The lowest BCUT2D eigenvalue weighted by atomic mass is 10.0. The molecule has 202 valence electrons. The van der Waals surface area contributed by atoms with Gasteiger partial charge in [0.25, 0.3) is 5.91 Å². The predicted molar refractivity (Wildman–Crippen MR) is 158 cm³/mol. The molecule has 7 rings (SSSR count). The molecule has 0 atom stereocenters. The number of nitrogens with zero attached hydrogens (tertiary/aromatic N) is 5. The summed E-state index contributed by atoms with van der Waals surface area (Å²) in [6, 6.07) is 21.7. The van der Waals surface area contributed by atoms with Gasteiger partial charge in [-0.2, -0.15) is 0 Å². The number of fused-ring (bicyclic) bond motifs is 2. The van der Waals surface area contributed by atoms with E-state index in [1.54, 1.807) is 6.20 Å². The third kappa shape index (κ3) is 4.51. The van der Waals surface area contributed by atoms with Gasteiger partial charge in [-0.05, 0) is 60.0 Å². The number of pyridine rings is 2. The molecule has 1 aliphatic heterocycles. The number of aromatic nitrogens is 5. The molecule has 2 N–H and O–H groups in total. The van der Waals surface area contributed by atoms with Gasteiger partial charge < -0.3 is 19.8 Å². The molecule has 2 aromatic carbocycles. The van der Waals surface area contributed by atoms with Crippen molar-refractivity contribution in [1.82, 2.24) is 29.8 Å². The van der Waals surface area contributed by atoms with E-state index in [1.165, 1.54) is 0 Å². The third-order valence-corrected chi connectivity index (χ3v) is 7.70. The quantitative estimate of drug-likeness (QED) is 0.300. The van der Waals surface area contributed by atoms with Crippen LogP contribution in [0.25, 0.3) is 44.3 Å². The zero-order chi connectivity index (χ0) is 27.9. The number of nitrogens with one attached hydrogen (secondary N) is 2. The molecule has 0 saturated carbocycles. The van der Waals surface area contributed by atoms with Crippen LogP contribution < -0.4 is 10.2 Å². The number of imidazole rings is 1. The number of H-pyrrole nitrogens is 1. The Morgan fingerprint density at radius 3 is 2.63 bits per heavy atom. The Bertz CT molecular complexity index is 1940. The zero-order valence-corrected chi connectivity index (χ0v) is 22.5. The van der Waals surface area contributed by atoms with Crippen molar-refractivity contribution >= 4 is 39.6 Å². The maximum Gasteiger partial charge on any atom is 0.268 e. The van der Waals surface area contributed by atoms with Crippen molar-refractivity contribution in [3.63, 3.8) is 0 Å². The number of rotatable bonds is 6. The Hall–Kier alpha value is -5.31. The van der Waals surface area contributed by atoms with Gasteiger partial charge >= 0.3 is 0 Å². The van der Waals surface area contributed by atoms with Crippen LogP contribution in [0, 0.1) is 0 Å². The van der Waals surface area contributed by atoms with Crippen LogP contribution in [0.2, 0.25) is 0 Å². The zero-order valence-electron chi connectivity index (χ0n) is 22.5. The van der Waals surface area contributed by atoms with E-state index in [0.717, 1.165) is 63.2 Å². The topological polar surface area (TPSA) is 109 Å². The van der Waals surface area contributed by atoms with Crippen LogP contribution in [-0.2, 0) is 18.4 Å². The van der Waals surface area contributed by atoms with Gasteiger partial charge in [-0.25, -0.2) is 9.97 Å². The normalized spacial score (nSPS) is 13.4. The van der Waals surface area contributed by atoms with Crippen LogP contribution >= 0.6 is 0 Å². The van der Waals surface area contributed by atoms with E-state index in [9.17, 15) is 9.59 Å². The number of hydrogen-bond donors (Lipinski definition) is 2. The Labute approximate surface area is 235 Å². The number of carbonyl (C=O) groups excluding carboxylic acids is 2. The first-order chi connectivity index (χ1) is 20.0. The molecular weight excluding hydrogens is 514 g/mol. The van der Waals surface area contributed by atoms with E-state index in [-0.39, 0.29) is 11.8 Å². The van der Waals surface area contributed by atoms with E-state index in [0.29, 0.717) is 24.3 Å². The molecule has 0 aliphatic carbocycles. The molecule has 0 radical (unpaired) electrons. The second kappa shape index (κ2) is 10.0. The number of para-hydroxylation sites is 2. The first kappa shape index (κ1) is 24.7. The number of amides is 2. The SMILES string of the molecule is Cn1c(CNC(=O)c2cc3c(-c4cncc(-c5ccc(N6CCCC6=O)cc5)c4)ccnc3[nH]2)nc2ccccc21. The van der Waals surface area contributed by atoms with E-state index >= 15 is 0 Å². The van der Waals surface area contributed by atoms with Crippen LogP contribution in [0.4, 0.5) is 5.69 Å². The second-order valence-electron chi connectivity index (χ2n) is 10.2. The number of anilines is 1. The summed E-state index contributed by atoms with van der Waals surface area (Å²) in [5.74, 6) is 0.717. The highest BCUT2D eigenvalue weighted by Crippen LogP contribution is 2.32. The monoisotopic (exact) mass is 541 g/mol. The molecule has 9 nitrogen and oxygen atoms in total. The average Bonchev–Trinajstić information content (AvgIpc) is 3.73. The number of benzene rings is 2. The Morgan fingerprint density at radius 1 is 1.00 bits per heavy atom. The fraction of sp³-hybridized carbons (Fsp3) is 0.156. The van der Waals surface area contributed by atoms with Crippen molar-refractivity contribution in [2.75, 3.05) is 11.4 Å². The fourth-order valence-electron chi connectivity index (χ4n) is 5.51. The first-order valence-electron chi connectivity index (χ1n) is 13.6. The predicted octanol–water partition coefficient (Wildman–Crippen LogP) is 5.24. The fourth-order valence-corrected chi connectivity index (χ4v) is 5.51. The molecule has 0 unspecified atom stereocenters. The van der Waals surface area contributed by atoms with Crippen molar-refractivity contribution in [2.45, 2.75) is 19.4 Å². The maximum atomic E-state index is 13.1. The van der Waals surface area contributed by atoms with Crippen LogP contribution in [0.5, 0.6) is 0 Å². The molecule has 2 amide bonds. The van der Waals surface area contributed by atoms with E-state index in [1.807, 2.05) is 89.6 Å². The van der Waals surface area contributed by atoms with Crippen molar-refractivity contribution < 1.29 is 9.59 Å². The van der Waals surface area contributed by atoms with Crippen molar-refractivity contribution in [1.29, 1.82) is 0 Å². The molecule has 41 heavy (non-hydrogen) atoms. The van der Waals surface area contributed by atoms with E-state index in [2.05, 4.69) is 31.3 Å². The smallest absolute Gasteiger partial charge is 0.268 e. The second-order valence-corrected chi connectivity index (χ2v) is 10.2. The summed E-state index contributed by atoms with van der Waals surface area (Å²) >= 11 is 0. The molecule has 4 aromatic heterocycles. The summed E-state index contributed by atoms with van der Waals surface area (Å²) in [4.78, 5) is 43.8. The lowest BCUT2D eigenvalue weighted by Gasteiger charge is -2.16. The van der Waals surface area contributed by atoms with Gasteiger partial charge in [-0.3, -0.25) is 14.6 Å². The molecule has 5 heterocycles. The molecule has 0 bridgehead atoms. The van der Waals surface area contributed by atoms with Gasteiger partial charge in [0, 0.05) is 60.8 Å². The van der Waals surface area contributed by atoms with E-state index in [4.69, 9.17) is 0 Å². The summed E-state index contributed by atoms with van der Waals surface area (Å²) in [6.07, 6.45) is 6.88. The largest absolute Gasteiger partial charge is 0.344 e. The van der Waals surface area contributed by atoms with Crippen molar-refractivity contribution in [2.24, 2.45) is 7.05 Å².